The van der Waals surface area contributed by atoms with Gasteiger partial charge in [0.2, 0.25) is 6.79 Å². The van der Waals surface area contributed by atoms with Gasteiger partial charge in [-0.15, -0.1) is 11.3 Å². The van der Waals surface area contributed by atoms with Crippen LogP contribution in [-0.4, -0.2) is 69.9 Å². The third-order valence-corrected chi connectivity index (χ3v) is 9.48. The lowest BCUT2D eigenvalue weighted by Gasteiger charge is -2.37. The van der Waals surface area contributed by atoms with Crippen LogP contribution in [0.5, 0.6) is 0 Å². The molecule has 15 heteroatoms. The van der Waals surface area contributed by atoms with Crippen LogP contribution in [0.15, 0.2) is 84.8 Å². The molecule has 3 heterocycles. The molecule has 6 rings (SSSR count). The van der Waals surface area contributed by atoms with Gasteiger partial charge in [-0.05, 0) is 42.0 Å². The number of nitriles is 1. The van der Waals surface area contributed by atoms with Gasteiger partial charge in [-0.25, -0.2) is 33.0 Å². The first-order valence-corrected chi connectivity index (χ1v) is 16.8. The standard InChI is InChI=1S/C36H32F2N6O6S/c1-24(33-42-32(19-51-33)27-7-5-25(17-39)6-8-27)36(20-44-22-40-21-41-44,30-10-9-29(37)16-31(30)38)50-35(46)49-23-48-34(45)28-4-2-3-26(15-28)18-43-11-13-47-14-12-43/h2-10,15-16,19,21-22,24H,11-14,18,20,23H2,1H3/t24-,36+/m0/s1. The lowest BCUT2D eigenvalue weighted by Crippen LogP contribution is -2.43. The number of ether oxygens (including phenoxy) is 4. The maximum atomic E-state index is 15.7. The van der Waals surface area contributed by atoms with Gasteiger partial charge < -0.3 is 18.9 Å². The number of esters is 1. The second kappa shape index (κ2) is 16.0. The highest BCUT2D eigenvalue weighted by atomic mass is 32.1. The van der Waals surface area contributed by atoms with E-state index in [1.54, 1.807) is 54.8 Å². The summed E-state index contributed by atoms with van der Waals surface area (Å²) in [5.74, 6) is -3.42. The quantitative estimate of drug-likeness (QED) is 0.110. The first-order chi connectivity index (χ1) is 24.7. The van der Waals surface area contributed by atoms with Crippen molar-refractivity contribution in [2.75, 3.05) is 33.1 Å². The van der Waals surface area contributed by atoms with Crippen LogP contribution in [-0.2, 0) is 37.6 Å². The summed E-state index contributed by atoms with van der Waals surface area (Å²) in [6.07, 6.45) is 1.33. The van der Waals surface area contributed by atoms with E-state index in [0.29, 0.717) is 42.1 Å². The molecule has 12 nitrogen and oxygen atoms in total. The predicted molar refractivity (Wildman–Crippen MR) is 179 cm³/mol. The van der Waals surface area contributed by atoms with Crippen LogP contribution in [0, 0.1) is 23.0 Å². The first-order valence-electron chi connectivity index (χ1n) is 15.9. The molecule has 0 aliphatic carbocycles. The molecule has 0 unspecified atom stereocenters. The number of carbonyl (C=O) groups is 2. The third kappa shape index (κ3) is 8.43. The van der Waals surface area contributed by atoms with Crippen molar-refractivity contribution < 1.29 is 37.3 Å². The van der Waals surface area contributed by atoms with E-state index in [9.17, 15) is 19.2 Å². The molecule has 3 aromatic carbocycles. The lowest BCUT2D eigenvalue weighted by atomic mass is 9.81. The van der Waals surface area contributed by atoms with E-state index in [-0.39, 0.29) is 17.7 Å². The molecule has 1 aliphatic heterocycles. The van der Waals surface area contributed by atoms with Crippen LogP contribution >= 0.6 is 11.3 Å². The minimum absolute atomic E-state index is 0.173. The van der Waals surface area contributed by atoms with Gasteiger partial charge in [0, 0.05) is 42.2 Å². The smallest absolute Gasteiger partial charge is 0.424 e. The number of morpholine rings is 1. The van der Waals surface area contributed by atoms with E-state index < -0.39 is 42.1 Å². The number of benzene rings is 3. The van der Waals surface area contributed by atoms with Crippen LogP contribution in [0.3, 0.4) is 0 Å². The van der Waals surface area contributed by atoms with Crippen LogP contribution in [0.4, 0.5) is 13.6 Å². The third-order valence-electron chi connectivity index (χ3n) is 8.46. The van der Waals surface area contributed by atoms with Gasteiger partial charge in [-0.1, -0.05) is 31.2 Å². The number of thiazole rings is 1. The summed E-state index contributed by atoms with van der Waals surface area (Å²) in [6.45, 7) is 4.09. The van der Waals surface area contributed by atoms with Crippen molar-refractivity contribution in [1.29, 1.82) is 5.26 Å². The molecule has 0 bridgehead atoms. The number of carbonyl (C=O) groups excluding carboxylic acids is 2. The average molecular weight is 715 g/mol. The second-order valence-electron chi connectivity index (χ2n) is 11.7. The molecule has 1 saturated heterocycles. The highest BCUT2D eigenvalue weighted by Crippen LogP contribution is 2.45. The molecule has 262 valence electrons. The maximum Gasteiger partial charge on any atom is 0.512 e. The molecule has 2 aromatic heterocycles. The van der Waals surface area contributed by atoms with E-state index in [1.807, 2.05) is 6.07 Å². The highest BCUT2D eigenvalue weighted by molar-refractivity contribution is 7.10. The normalized spacial score (nSPS) is 14.9. The molecule has 1 fully saturated rings. The van der Waals surface area contributed by atoms with Crippen LogP contribution < -0.4 is 0 Å². The Balaban J connectivity index is 1.23. The fraction of sp³-hybridized carbons (Fsp3) is 0.278. The minimum atomic E-state index is -1.92. The Morgan fingerprint density at radius 2 is 1.88 bits per heavy atom. The number of aromatic nitrogens is 4. The summed E-state index contributed by atoms with van der Waals surface area (Å²) in [7, 11) is 0. The fourth-order valence-electron chi connectivity index (χ4n) is 5.76. The summed E-state index contributed by atoms with van der Waals surface area (Å²) in [5.41, 5.74) is 0.868. The van der Waals surface area contributed by atoms with Crippen molar-refractivity contribution in [3.05, 3.63) is 124 Å². The van der Waals surface area contributed by atoms with Gasteiger partial charge in [0.25, 0.3) is 0 Å². The second-order valence-corrected chi connectivity index (χ2v) is 12.6. The van der Waals surface area contributed by atoms with Gasteiger partial charge in [0.1, 0.15) is 29.3 Å². The van der Waals surface area contributed by atoms with Crippen molar-refractivity contribution in [3.63, 3.8) is 0 Å². The van der Waals surface area contributed by atoms with Gasteiger partial charge >= 0.3 is 12.1 Å². The highest BCUT2D eigenvalue weighted by Gasteiger charge is 2.47. The Bertz CT molecular complexity index is 2010. The van der Waals surface area contributed by atoms with Crippen molar-refractivity contribution >= 4 is 23.5 Å². The van der Waals surface area contributed by atoms with Crippen molar-refractivity contribution in [3.8, 4) is 17.3 Å². The number of nitrogens with zero attached hydrogens (tertiary/aromatic N) is 6. The van der Waals surface area contributed by atoms with Crippen LogP contribution in [0.1, 0.15) is 44.9 Å². The Hall–Kier alpha value is -5.56. The van der Waals surface area contributed by atoms with Crippen LogP contribution in [0.25, 0.3) is 11.3 Å². The molecule has 0 saturated carbocycles. The van der Waals surface area contributed by atoms with Gasteiger partial charge in [-0.2, -0.15) is 10.4 Å². The molecule has 0 radical (unpaired) electrons. The van der Waals surface area contributed by atoms with Gasteiger partial charge in [0.05, 0.1) is 48.6 Å². The fourth-order valence-corrected chi connectivity index (χ4v) is 6.73. The van der Waals surface area contributed by atoms with Gasteiger partial charge in [-0.3, -0.25) is 4.90 Å². The molecule has 1 aliphatic rings. The van der Waals surface area contributed by atoms with E-state index >= 15 is 4.39 Å². The monoisotopic (exact) mass is 714 g/mol. The zero-order valence-electron chi connectivity index (χ0n) is 27.4. The largest absolute Gasteiger partial charge is 0.512 e. The summed E-state index contributed by atoms with van der Waals surface area (Å²) in [6, 6.07) is 18.8. The Labute approximate surface area is 295 Å². The van der Waals surface area contributed by atoms with Crippen molar-refractivity contribution in [2.45, 2.75) is 31.5 Å². The maximum absolute atomic E-state index is 15.7. The lowest BCUT2D eigenvalue weighted by molar-refractivity contribution is -0.0881. The first kappa shape index (κ1) is 35.3. The molecule has 2 atom stereocenters. The van der Waals surface area contributed by atoms with Gasteiger partial charge in [0.15, 0.2) is 5.60 Å². The average Bonchev–Trinajstić information content (AvgIpc) is 3.85. The molecular formula is C36H32F2N6O6S. The number of halogens is 2. The number of hydrogen-bond acceptors (Lipinski definition) is 12. The molecule has 51 heavy (non-hydrogen) atoms. The van der Waals surface area contributed by atoms with E-state index in [1.165, 1.54) is 34.7 Å². The Kier molecular flexibility index (Phi) is 11.1. The van der Waals surface area contributed by atoms with E-state index in [4.69, 9.17) is 23.9 Å². The molecule has 5 aromatic rings. The summed E-state index contributed by atoms with van der Waals surface area (Å²) in [5, 5.41) is 15.5. The summed E-state index contributed by atoms with van der Waals surface area (Å²) >= 11 is 1.24. The molecule has 0 amide bonds. The SMILES string of the molecule is C[C@@H](c1nc(-c2ccc(C#N)cc2)cs1)[C@@](Cn1cncn1)(OC(=O)OCOC(=O)c1cccc(CN2CCOCC2)c1)c1ccc(F)cc1F. The minimum Gasteiger partial charge on any atom is -0.424 e. The predicted octanol–water partition coefficient (Wildman–Crippen LogP) is 6.05. The van der Waals surface area contributed by atoms with E-state index in [2.05, 4.69) is 21.1 Å². The molecule has 0 N–H and O–H groups in total. The summed E-state index contributed by atoms with van der Waals surface area (Å²) < 4.78 is 53.1. The van der Waals surface area contributed by atoms with Crippen LogP contribution in [0.2, 0.25) is 0 Å². The number of rotatable bonds is 12. The zero-order valence-corrected chi connectivity index (χ0v) is 28.2. The van der Waals surface area contributed by atoms with E-state index in [0.717, 1.165) is 30.3 Å². The topological polar surface area (TPSA) is 142 Å². The Morgan fingerprint density at radius 3 is 2.61 bits per heavy atom. The number of hydrogen-bond donors (Lipinski definition) is 0. The molecule has 0 spiro atoms. The summed E-state index contributed by atoms with van der Waals surface area (Å²) in [4.78, 5) is 37.3. The zero-order chi connectivity index (χ0) is 35.8. The van der Waals surface area contributed by atoms with Crippen molar-refractivity contribution in [1.82, 2.24) is 24.6 Å². The Morgan fingerprint density at radius 1 is 1.08 bits per heavy atom. The molecular weight excluding hydrogens is 682 g/mol. The van der Waals surface area contributed by atoms with Crippen molar-refractivity contribution in [2.24, 2.45) is 0 Å².